The average molecular weight is 287 g/mol. The van der Waals surface area contributed by atoms with Gasteiger partial charge in [-0.15, -0.1) is 11.8 Å². The molecule has 0 bridgehead atoms. The quantitative estimate of drug-likeness (QED) is 0.757. The highest BCUT2D eigenvalue weighted by Crippen LogP contribution is 2.28. The van der Waals surface area contributed by atoms with Gasteiger partial charge in [0, 0.05) is 23.0 Å². The minimum atomic E-state index is 0.0527. The molecule has 1 amide bonds. The average Bonchev–Trinajstić information content (AvgIpc) is 2.35. The van der Waals surface area contributed by atoms with Gasteiger partial charge in [0.1, 0.15) is 0 Å². The zero-order chi connectivity index (χ0) is 13.4. The van der Waals surface area contributed by atoms with Gasteiger partial charge in [0.05, 0.1) is 5.75 Å². The summed E-state index contributed by atoms with van der Waals surface area (Å²) in [5, 5.41) is 6.79. The lowest BCUT2D eigenvalue weighted by Crippen LogP contribution is -2.24. The molecule has 0 aliphatic carbocycles. The van der Waals surface area contributed by atoms with Gasteiger partial charge in [0.2, 0.25) is 5.91 Å². The Labute approximate surface area is 118 Å². The molecule has 0 aromatic heterocycles. The Morgan fingerprint density at radius 3 is 2.78 bits per heavy atom. The number of hydrogen-bond acceptors (Lipinski definition) is 3. The summed E-state index contributed by atoms with van der Waals surface area (Å²) in [5.41, 5.74) is 1.07. The molecule has 0 atom stereocenters. The summed E-state index contributed by atoms with van der Waals surface area (Å²) in [7, 11) is 0. The molecule has 5 heteroatoms. The summed E-state index contributed by atoms with van der Waals surface area (Å²) in [4.78, 5) is 12.5. The van der Waals surface area contributed by atoms with Crippen LogP contribution in [0.5, 0.6) is 0 Å². The fourth-order valence-electron chi connectivity index (χ4n) is 1.49. The third-order valence-electron chi connectivity index (χ3n) is 2.36. The van der Waals surface area contributed by atoms with Crippen LogP contribution in [-0.2, 0) is 11.3 Å². The number of nitrogens with one attached hydrogen (secondary N) is 2. The van der Waals surface area contributed by atoms with E-state index in [9.17, 15) is 4.79 Å². The van der Waals surface area contributed by atoms with E-state index in [-0.39, 0.29) is 5.91 Å². The van der Waals surface area contributed by atoms with Crippen LogP contribution in [0.4, 0.5) is 0 Å². The minimum absolute atomic E-state index is 0.0527. The van der Waals surface area contributed by atoms with Gasteiger partial charge in [-0.1, -0.05) is 24.6 Å². The van der Waals surface area contributed by atoms with Crippen molar-refractivity contribution in [3.05, 3.63) is 28.8 Å². The number of carbonyl (C=O) groups excluding carboxylic acids is 1. The number of thioether (sulfide) groups is 1. The maximum Gasteiger partial charge on any atom is 0.230 e. The molecule has 1 rings (SSSR count). The number of halogens is 1. The van der Waals surface area contributed by atoms with Gasteiger partial charge < -0.3 is 10.6 Å². The summed E-state index contributed by atoms with van der Waals surface area (Å²) in [6, 6.07) is 5.80. The van der Waals surface area contributed by atoms with Crippen LogP contribution in [0.3, 0.4) is 0 Å². The first-order valence-electron chi connectivity index (χ1n) is 6.06. The highest BCUT2D eigenvalue weighted by Gasteiger charge is 2.09. The van der Waals surface area contributed by atoms with Crippen LogP contribution in [0, 0.1) is 0 Å². The molecule has 100 valence electrons. The second-order valence-corrected chi connectivity index (χ2v) is 5.16. The number of amides is 1. The van der Waals surface area contributed by atoms with Crippen LogP contribution >= 0.6 is 23.4 Å². The lowest BCUT2D eigenvalue weighted by atomic mass is 10.2. The van der Waals surface area contributed by atoms with Crippen molar-refractivity contribution in [1.82, 2.24) is 10.6 Å². The second kappa shape index (κ2) is 8.40. The van der Waals surface area contributed by atoms with E-state index in [0.29, 0.717) is 12.3 Å². The van der Waals surface area contributed by atoms with E-state index in [4.69, 9.17) is 11.6 Å². The van der Waals surface area contributed by atoms with Crippen molar-refractivity contribution in [2.75, 3.05) is 18.8 Å². The number of benzene rings is 1. The summed E-state index contributed by atoms with van der Waals surface area (Å²) < 4.78 is 0. The molecule has 3 nitrogen and oxygen atoms in total. The van der Waals surface area contributed by atoms with Crippen LogP contribution in [0.1, 0.15) is 19.4 Å². The van der Waals surface area contributed by atoms with Crippen molar-refractivity contribution in [2.24, 2.45) is 0 Å². The van der Waals surface area contributed by atoms with E-state index in [1.807, 2.05) is 25.1 Å². The molecule has 0 unspecified atom stereocenters. The van der Waals surface area contributed by atoms with Gasteiger partial charge in [-0.3, -0.25) is 4.79 Å². The molecule has 0 saturated carbocycles. The topological polar surface area (TPSA) is 41.1 Å². The first-order chi connectivity index (χ1) is 8.69. The van der Waals surface area contributed by atoms with Crippen molar-refractivity contribution in [1.29, 1.82) is 0 Å². The largest absolute Gasteiger partial charge is 0.356 e. The van der Waals surface area contributed by atoms with Gasteiger partial charge in [-0.25, -0.2) is 0 Å². The van der Waals surface area contributed by atoms with Crippen LogP contribution in [0.15, 0.2) is 23.1 Å². The van der Waals surface area contributed by atoms with E-state index in [1.54, 1.807) is 0 Å². The third-order valence-corrected chi connectivity index (χ3v) is 3.81. The number of rotatable bonds is 7. The zero-order valence-corrected chi connectivity index (χ0v) is 12.3. The monoisotopic (exact) mass is 286 g/mol. The molecular formula is C13H19ClN2OS. The normalized spacial score (nSPS) is 10.4. The van der Waals surface area contributed by atoms with E-state index in [0.717, 1.165) is 28.6 Å². The van der Waals surface area contributed by atoms with E-state index < -0.39 is 0 Å². The maximum atomic E-state index is 11.4. The summed E-state index contributed by atoms with van der Waals surface area (Å²) in [6.45, 7) is 6.26. The van der Waals surface area contributed by atoms with Gasteiger partial charge in [0.15, 0.2) is 0 Å². The summed E-state index contributed by atoms with van der Waals surface area (Å²) in [6.07, 6.45) is 0. The standard InChI is InChI=1S/C13H19ClN2OS/c1-3-15-8-10-11(14)6-5-7-12(10)18-9-13(17)16-4-2/h5-7,15H,3-4,8-9H2,1-2H3,(H,16,17). The van der Waals surface area contributed by atoms with Gasteiger partial charge in [-0.05, 0) is 31.2 Å². The van der Waals surface area contributed by atoms with Crippen LogP contribution in [-0.4, -0.2) is 24.7 Å². The summed E-state index contributed by atoms with van der Waals surface area (Å²) in [5.74, 6) is 0.477. The van der Waals surface area contributed by atoms with Crippen LogP contribution < -0.4 is 10.6 Å². The van der Waals surface area contributed by atoms with Crippen molar-refractivity contribution in [3.8, 4) is 0 Å². The third kappa shape index (κ3) is 4.88. The fraction of sp³-hybridized carbons (Fsp3) is 0.462. The van der Waals surface area contributed by atoms with Crippen molar-refractivity contribution < 1.29 is 4.79 Å². The lowest BCUT2D eigenvalue weighted by Gasteiger charge is -2.11. The Hall–Kier alpha value is -0.710. The molecule has 0 aliphatic heterocycles. The zero-order valence-electron chi connectivity index (χ0n) is 10.8. The highest BCUT2D eigenvalue weighted by molar-refractivity contribution is 8.00. The van der Waals surface area contributed by atoms with Gasteiger partial charge >= 0.3 is 0 Å². The van der Waals surface area contributed by atoms with Crippen LogP contribution in [0.2, 0.25) is 5.02 Å². The predicted molar refractivity (Wildman–Crippen MR) is 78.2 cm³/mol. The van der Waals surface area contributed by atoms with Crippen molar-refractivity contribution >= 4 is 29.3 Å². The fourth-order valence-corrected chi connectivity index (χ4v) is 2.70. The molecule has 1 aromatic rings. The first-order valence-corrected chi connectivity index (χ1v) is 7.43. The molecule has 0 saturated heterocycles. The van der Waals surface area contributed by atoms with E-state index in [1.165, 1.54) is 11.8 Å². The minimum Gasteiger partial charge on any atom is -0.356 e. The van der Waals surface area contributed by atoms with Gasteiger partial charge in [-0.2, -0.15) is 0 Å². The lowest BCUT2D eigenvalue weighted by molar-refractivity contribution is -0.118. The van der Waals surface area contributed by atoms with Crippen molar-refractivity contribution in [2.45, 2.75) is 25.3 Å². The van der Waals surface area contributed by atoms with E-state index >= 15 is 0 Å². The first kappa shape index (κ1) is 15.3. The molecule has 0 heterocycles. The number of hydrogen-bond donors (Lipinski definition) is 2. The van der Waals surface area contributed by atoms with E-state index in [2.05, 4.69) is 17.6 Å². The predicted octanol–water partition coefficient (Wildman–Crippen LogP) is 2.68. The molecule has 1 aromatic carbocycles. The Kier molecular flexibility index (Phi) is 7.16. The Bertz CT molecular complexity index is 399. The second-order valence-electron chi connectivity index (χ2n) is 3.74. The summed E-state index contributed by atoms with van der Waals surface area (Å²) >= 11 is 7.71. The molecule has 0 aliphatic rings. The van der Waals surface area contributed by atoms with Crippen LogP contribution in [0.25, 0.3) is 0 Å². The van der Waals surface area contributed by atoms with Gasteiger partial charge in [0.25, 0.3) is 0 Å². The smallest absolute Gasteiger partial charge is 0.230 e. The molecule has 2 N–H and O–H groups in total. The molecule has 0 radical (unpaired) electrons. The Morgan fingerprint density at radius 1 is 1.33 bits per heavy atom. The molecule has 0 fully saturated rings. The molecular weight excluding hydrogens is 268 g/mol. The maximum absolute atomic E-state index is 11.4. The Morgan fingerprint density at radius 2 is 2.11 bits per heavy atom. The SMILES string of the molecule is CCNCc1c(Cl)cccc1SCC(=O)NCC. The van der Waals surface area contributed by atoms with Crippen molar-refractivity contribution in [3.63, 3.8) is 0 Å². The Balaban J connectivity index is 2.68. The molecule has 18 heavy (non-hydrogen) atoms. The molecule has 0 spiro atoms. The highest BCUT2D eigenvalue weighted by atomic mass is 35.5. The number of carbonyl (C=O) groups is 1.